The first-order chi connectivity index (χ1) is 13.0. The zero-order valence-corrected chi connectivity index (χ0v) is 14.2. The molecule has 0 aliphatic carbocycles. The van der Waals surface area contributed by atoms with E-state index in [1.807, 2.05) is 6.07 Å². The molecular formula is C19H13NO7. The highest BCUT2D eigenvalue weighted by molar-refractivity contribution is 6.08. The Hall–Kier alpha value is -3.68. The van der Waals surface area contributed by atoms with Gasteiger partial charge < -0.3 is 14.0 Å². The Morgan fingerprint density at radius 3 is 2.41 bits per heavy atom. The number of carbonyl (C=O) groups is 3. The van der Waals surface area contributed by atoms with Gasteiger partial charge in [0.25, 0.3) is 11.8 Å². The van der Waals surface area contributed by atoms with Gasteiger partial charge in [-0.15, -0.1) is 5.06 Å². The summed E-state index contributed by atoms with van der Waals surface area (Å²) < 4.78 is 10.4. The molecule has 8 nitrogen and oxygen atoms in total. The number of hydroxylamine groups is 2. The summed E-state index contributed by atoms with van der Waals surface area (Å²) in [5, 5.41) is 2.44. The van der Waals surface area contributed by atoms with Crippen molar-refractivity contribution in [2.24, 2.45) is 0 Å². The van der Waals surface area contributed by atoms with Crippen LogP contribution in [0.4, 0.5) is 0 Å². The smallest absolute Gasteiger partial charge is 0.371 e. The van der Waals surface area contributed by atoms with Crippen LogP contribution >= 0.6 is 0 Å². The summed E-state index contributed by atoms with van der Waals surface area (Å²) in [5.74, 6) is -1.80. The summed E-state index contributed by atoms with van der Waals surface area (Å²) in [7, 11) is 1.53. The van der Waals surface area contributed by atoms with E-state index < -0.39 is 29.0 Å². The lowest BCUT2D eigenvalue weighted by Gasteiger charge is -2.12. The number of benzene rings is 2. The van der Waals surface area contributed by atoms with Crippen LogP contribution in [0.25, 0.3) is 21.7 Å². The number of ether oxygens (including phenoxy) is 1. The normalized spacial score (nSPS) is 14.2. The van der Waals surface area contributed by atoms with Crippen molar-refractivity contribution in [1.82, 2.24) is 5.06 Å². The van der Waals surface area contributed by atoms with Crippen LogP contribution in [0.2, 0.25) is 0 Å². The van der Waals surface area contributed by atoms with Gasteiger partial charge in [0, 0.05) is 18.2 Å². The van der Waals surface area contributed by atoms with E-state index in [2.05, 4.69) is 0 Å². The molecule has 2 heterocycles. The van der Waals surface area contributed by atoms with Crippen LogP contribution in [-0.2, 0) is 14.4 Å². The first kappa shape index (κ1) is 16.8. The summed E-state index contributed by atoms with van der Waals surface area (Å²) >= 11 is 0. The Morgan fingerprint density at radius 2 is 1.70 bits per heavy atom. The second-order valence-electron chi connectivity index (χ2n) is 5.97. The largest absolute Gasteiger partial charge is 0.497 e. The standard InChI is InChI=1S/C19H13NO7/c1-25-11-4-2-10-3-5-15-13(12(10)8-11)9-14(18(23)26-15)19(24)27-20-16(21)6-7-17(20)22/h2-5,8-9H,6-7H2,1H3. The molecule has 0 atom stereocenters. The summed E-state index contributed by atoms with van der Waals surface area (Å²) in [6.45, 7) is 0. The SMILES string of the molecule is COc1ccc2ccc3oc(=O)c(C(=O)ON4C(=O)CCC4=O)cc3c2c1. The third kappa shape index (κ3) is 2.80. The van der Waals surface area contributed by atoms with Gasteiger partial charge >= 0.3 is 11.6 Å². The molecule has 0 saturated carbocycles. The molecule has 0 radical (unpaired) electrons. The van der Waals surface area contributed by atoms with Crippen LogP contribution in [0.5, 0.6) is 5.75 Å². The minimum Gasteiger partial charge on any atom is -0.497 e. The molecule has 1 aromatic heterocycles. The number of imide groups is 1. The quantitative estimate of drug-likeness (QED) is 0.397. The van der Waals surface area contributed by atoms with E-state index in [1.165, 1.54) is 13.2 Å². The highest BCUT2D eigenvalue weighted by Gasteiger charge is 2.34. The minimum atomic E-state index is -1.13. The third-order valence-electron chi connectivity index (χ3n) is 4.34. The van der Waals surface area contributed by atoms with E-state index in [1.54, 1.807) is 24.3 Å². The average Bonchev–Trinajstić information content (AvgIpc) is 2.98. The van der Waals surface area contributed by atoms with E-state index >= 15 is 0 Å². The fourth-order valence-corrected chi connectivity index (χ4v) is 2.96. The monoisotopic (exact) mass is 367 g/mol. The fraction of sp³-hybridized carbons (Fsp3) is 0.158. The van der Waals surface area contributed by atoms with Crippen molar-refractivity contribution >= 4 is 39.5 Å². The maximum absolute atomic E-state index is 12.4. The number of fused-ring (bicyclic) bond motifs is 3. The van der Waals surface area contributed by atoms with Crippen LogP contribution in [0.1, 0.15) is 23.2 Å². The Labute approximate surface area is 151 Å². The first-order valence-electron chi connectivity index (χ1n) is 8.10. The molecule has 0 bridgehead atoms. The molecule has 2 aromatic carbocycles. The zero-order valence-electron chi connectivity index (χ0n) is 14.2. The van der Waals surface area contributed by atoms with Gasteiger partial charge in [-0.05, 0) is 35.0 Å². The summed E-state index contributed by atoms with van der Waals surface area (Å²) in [4.78, 5) is 52.6. The number of rotatable bonds is 3. The average molecular weight is 367 g/mol. The van der Waals surface area contributed by atoms with Crippen molar-refractivity contribution < 1.29 is 28.4 Å². The van der Waals surface area contributed by atoms with E-state index in [0.29, 0.717) is 21.6 Å². The molecule has 136 valence electrons. The van der Waals surface area contributed by atoms with Crippen LogP contribution in [0, 0.1) is 0 Å². The van der Waals surface area contributed by atoms with Crippen molar-refractivity contribution in [3.8, 4) is 5.75 Å². The van der Waals surface area contributed by atoms with Gasteiger partial charge in [-0.3, -0.25) is 9.59 Å². The van der Waals surface area contributed by atoms with Crippen LogP contribution in [-0.4, -0.2) is 30.0 Å². The number of amides is 2. The van der Waals surface area contributed by atoms with Gasteiger partial charge in [0.05, 0.1) is 7.11 Å². The molecule has 8 heteroatoms. The molecule has 4 rings (SSSR count). The maximum Gasteiger partial charge on any atom is 0.371 e. The Kier molecular flexibility index (Phi) is 3.88. The Balaban J connectivity index is 1.83. The lowest BCUT2D eigenvalue weighted by molar-refractivity contribution is -0.172. The van der Waals surface area contributed by atoms with Crippen molar-refractivity contribution in [3.63, 3.8) is 0 Å². The van der Waals surface area contributed by atoms with Crippen molar-refractivity contribution in [3.05, 3.63) is 52.4 Å². The Bertz CT molecular complexity index is 1160. The van der Waals surface area contributed by atoms with Crippen molar-refractivity contribution in [1.29, 1.82) is 0 Å². The van der Waals surface area contributed by atoms with E-state index in [4.69, 9.17) is 14.0 Å². The highest BCUT2D eigenvalue weighted by atomic mass is 16.7. The molecule has 0 unspecified atom stereocenters. The predicted octanol–water partition coefficient (Wildman–Crippen LogP) is 2.18. The van der Waals surface area contributed by atoms with Crippen LogP contribution in [0.15, 0.2) is 45.6 Å². The topological polar surface area (TPSA) is 103 Å². The van der Waals surface area contributed by atoms with E-state index in [-0.39, 0.29) is 18.4 Å². The van der Waals surface area contributed by atoms with E-state index in [0.717, 1.165) is 5.39 Å². The third-order valence-corrected chi connectivity index (χ3v) is 4.34. The molecule has 2 amide bonds. The lowest BCUT2D eigenvalue weighted by Crippen LogP contribution is -2.33. The summed E-state index contributed by atoms with van der Waals surface area (Å²) in [6.07, 6.45) is -0.0776. The minimum absolute atomic E-state index is 0.0388. The molecule has 0 spiro atoms. The van der Waals surface area contributed by atoms with Gasteiger partial charge in [0.15, 0.2) is 0 Å². The van der Waals surface area contributed by atoms with Gasteiger partial charge in [-0.2, -0.15) is 0 Å². The molecule has 3 aromatic rings. The zero-order chi connectivity index (χ0) is 19.1. The van der Waals surface area contributed by atoms with Gasteiger partial charge in [-0.25, -0.2) is 9.59 Å². The Morgan fingerprint density at radius 1 is 1.00 bits per heavy atom. The first-order valence-corrected chi connectivity index (χ1v) is 8.10. The van der Waals surface area contributed by atoms with Crippen molar-refractivity contribution in [2.45, 2.75) is 12.8 Å². The molecule has 27 heavy (non-hydrogen) atoms. The number of hydrogen-bond acceptors (Lipinski definition) is 7. The second kappa shape index (κ2) is 6.24. The van der Waals surface area contributed by atoms with Gasteiger partial charge in [0.2, 0.25) is 0 Å². The lowest BCUT2D eigenvalue weighted by atomic mass is 10.0. The van der Waals surface area contributed by atoms with E-state index in [9.17, 15) is 19.2 Å². The van der Waals surface area contributed by atoms with Crippen LogP contribution < -0.4 is 10.4 Å². The number of nitrogens with zero attached hydrogens (tertiary/aromatic N) is 1. The fourth-order valence-electron chi connectivity index (χ4n) is 2.96. The highest BCUT2D eigenvalue weighted by Crippen LogP contribution is 2.28. The van der Waals surface area contributed by atoms with Gasteiger partial charge in [-0.1, -0.05) is 12.1 Å². The second-order valence-corrected chi connectivity index (χ2v) is 5.97. The number of methoxy groups -OCH3 is 1. The molecule has 1 aliphatic heterocycles. The molecular weight excluding hydrogens is 354 g/mol. The number of hydrogen-bond donors (Lipinski definition) is 0. The molecule has 1 aliphatic rings. The van der Waals surface area contributed by atoms with Gasteiger partial charge in [0.1, 0.15) is 16.9 Å². The molecule has 1 saturated heterocycles. The maximum atomic E-state index is 12.4. The van der Waals surface area contributed by atoms with Crippen molar-refractivity contribution in [2.75, 3.05) is 7.11 Å². The molecule has 0 N–H and O–H groups in total. The molecule has 1 fully saturated rings. The predicted molar refractivity (Wildman–Crippen MR) is 93.0 cm³/mol. The number of carbonyl (C=O) groups excluding carboxylic acids is 3. The summed E-state index contributed by atoms with van der Waals surface area (Å²) in [5.41, 5.74) is -1.05. The summed E-state index contributed by atoms with van der Waals surface area (Å²) in [6, 6.07) is 10.1. The van der Waals surface area contributed by atoms with Crippen LogP contribution in [0.3, 0.4) is 0 Å².